The summed E-state index contributed by atoms with van der Waals surface area (Å²) in [7, 11) is 2.89. The van der Waals surface area contributed by atoms with E-state index in [9.17, 15) is 22.8 Å². The molecule has 5 rings (SSSR count). The fourth-order valence-corrected chi connectivity index (χ4v) is 4.45. The van der Waals surface area contributed by atoms with Crippen LogP contribution in [0.25, 0.3) is 27.8 Å². The minimum atomic E-state index is -4.96. The molecule has 0 aliphatic rings. The van der Waals surface area contributed by atoms with Crippen molar-refractivity contribution in [1.82, 2.24) is 29.5 Å². The number of ether oxygens (including phenoxy) is 1. The molecule has 0 saturated carbocycles. The first-order valence-electron chi connectivity index (χ1n) is 11.6. The highest BCUT2D eigenvalue weighted by molar-refractivity contribution is 6.33. The van der Waals surface area contributed by atoms with Gasteiger partial charge in [0.2, 0.25) is 5.88 Å². The molecule has 2 amide bonds. The second kappa shape index (κ2) is 10.4. The summed E-state index contributed by atoms with van der Waals surface area (Å²) in [6, 6.07) is 8.80. The van der Waals surface area contributed by atoms with Crippen LogP contribution in [-0.2, 0) is 13.2 Å². The first-order chi connectivity index (χ1) is 19.5. The molecule has 5 aromatic rings. The average molecular weight is 587 g/mol. The molecule has 210 valence electrons. The number of aryl methyl sites for hydroxylation is 1. The number of carbonyl (C=O) groups is 2. The van der Waals surface area contributed by atoms with Gasteiger partial charge in [0.15, 0.2) is 5.69 Å². The molecule has 0 aliphatic carbocycles. The number of halogens is 4. The van der Waals surface area contributed by atoms with E-state index in [1.807, 2.05) is 0 Å². The van der Waals surface area contributed by atoms with Crippen LogP contribution in [0.15, 0.2) is 55.0 Å². The van der Waals surface area contributed by atoms with Gasteiger partial charge >= 0.3 is 12.3 Å². The summed E-state index contributed by atoms with van der Waals surface area (Å²) in [4.78, 5) is 32.2. The number of fused-ring (bicyclic) bond motifs is 1. The molecule has 3 N–H and O–H groups in total. The molecule has 0 atom stereocenters. The molecule has 0 unspecified atom stereocenters. The predicted octanol–water partition coefficient (Wildman–Crippen LogP) is 5.24. The summed E-state index contributed by atoms with van der Waals surface area (Å²) >= 11 is 6.32. The molecule has 41 heavy (non-hydrogen) atoms. The van der Waals surface area contributed by atoms with Crippen molar-refractivity contribution >= 4 is 45.9 Å². The van der Waals surface area contributed by atoms with Crippen LogP contribution in [0.5, 0.6) is 5.88 Å². The van der Waals surface area contributed by atoms with Gasteiger partial charge in [-0.15, -0.1) is 0 Å². The zero-order valence-corrected chi connectivity index (χ0v) is 21.8. The van der Waals surface area contributed by atoms with Crippen molar-refractivity contribution in [3.8, 4) is 23.0 Å². The highest BCUT2D eigenvalue weighted by Crippen LogP contribution is 2.37. The number of rotatable bonds is 6. The van der Waals surface area contributed by atoms with Crippen LogP contribution in [0.3, 0.4) is 0 Å². The Morgan fingerprint density at radius 3 is 2.54 bits per heavy atom. The lowest BCUT2D eigenvalue weighted by atomic mass is 10.1. The Balaban J connectivity index is 1.48. The Morgan fingerprint density at radius 1 is 1.07 bits per heavy atom. The third-order valence-electron chi connectivity index (χ3n) is 5.91. The number of carboxylic acid groups (broad SMARTS) is 1. The lowest BCUT2D eigenvalue weighted by Crippen LogP contribution is -2.21. The second-order valence-corrected chi connectivity index (χ2v) is 8.89. The molecular formula is C25H18ClF3N8O4. The summed E-state index contributed by atoms with van der Waals surface area (Å²) in [6.45, 7) is 0. The van der Waals surface area contributed by atoms with E-state index in [4.69, 9.17) is 21.4 Å². The van der Waals surface area contributed by atoms with E-state index in [2.05, 4.69) is 30.8 Å². The van der Waals surface area contributed by atoms with Crippen LogP contribution in [-0.4, -0.2) is 53.7 Å². The number of hydrogen-bond acceptors (Lipinski definition) is 7. The van der Waals surface area contributed by atoms with Gasteiger partial charge in [-0.2, -0.15) is 23.4 Å². The third-order valence-corrected chi connectivity index (χ3v) is 6.20. The highest BCUT2D eigenvalue weighted by atomic mass is 35.5. The molecule has 16 heteroatoms. The average Bonchev–Trinajstić information content (AvgIpc) is 3.52. The van der Waals surface area contributed by atoms with Gasteiger partial charge in [-0.25, -0.2) is 14.5 Å². The molecule has 0 spiro atoms. The maximum absolute atomic E-state index is 14.3. The number of aromatic nitrogens is 6. The van der Waals surface area contributed by atoms with E-state index < -0.39 is 29.4 Å². The summed E-state index contributed by atoms with van der Waals surface area (Å²) in [5.41, 5.74) is -1.57. The number of nitrogens with one attached hydrogen (secondary N) is 2. The zero-order chi connectivity index (χ0) is 29.5. The smallest absolute Gasteiger partial charge is 0.434 e. The minimum absolute atomic E-state index is 0.00501. The monoisotopic (exact) mass is 586 g/mol. The van der Waals surface area contributed by atoms with E-state index in [0.29, 0.717) is 15.5 Å². The number of anilines is 2. The van der Waals surface area contributed by atoms with Crippen LogP contribution in [0.2, 0.25) is 5.02 Å². The van der Waals surface area contributed by atoms with Crippen LogP contribution in [0.4, 0.5) is 29.5 Å². The zero-order valence-electron chi connectivity index (χ0n) is 21.1. The Morgan fingerprint density at radius 2 is 1.85 bits per heavy atom. The van der Waals surface area contributed by atoms with Gasteiger partial charge in [0.05, 0.1) is 41.5 Å². The largest absolute Gasteiger partial charge is 0.481 e. The maximum atomic E-state index is 14.3. The lowest BCUT2D eigenvalue weighted by molar-refractivity contribution is -0.143. The van der Waals surface area contributed by atoms with Crippen molar-refractivity contribution in [2.75, 3.05) is 17.7 Å². The normalized spacial score (nSPS) is 11.5. The van der Waals surface area contributed by atoms with Crippen molar-refractivity contribution in [3.05, 3.63) is 71.3 Å². The SMILES string of the molecule is COc1nccc2c(-n3ncc(C(=O)Nc4cnc(-c5cc(NC(=O)O)n(C)n5)c(Cl)c4)c3C(F)(F)F)cccc12. The molecular weight excluding hydrogens is 569 g/mol. The Kier molecular flexibility index (Phi) is 6.96. The fraction of sp³-hybridized carbons (Fsp3) is 0.120. The Bertz CT molecular complexity index is 1820. The lowest BCUT2D eigenvalue weighted by Gasteiger charge is -2.15. The standard InChI is InChI=1S/C25H18ClF3N8O4/c1-36-19(34-24(39)40)9-17(35-36)20-16(26)8-12(10-31-20)33-22(38)15-11-32-37(21(15)25(27,28)29)18-5-3-4-14-13(18)6-7-30-23(14)41-2/h3-11,34H,1-2H3,(H,33,38)(H,39,40). The topological polar surface area (TPSA) is 149 Å². The molecule has 0 radical (unpaired) electrons. The predicted molar refractivity (Wildman–Crippen MR) is 141 cm³/mol. The van der Waals surface area contributed by atoms with Crippen LogP contribution in [0, 0.1) is 0 Å². The molecule has 0 aliphatic heterocycles. The number of hydrogen-bond donors (Lipinski definition) is 3. The minimum Gasteiger partial charge on any atom is -0.481 e. The van der Waals surface area contributed by atoms with Crippen LogP contribution in [0.1, 0.15) is 16.1 Å². The first-order valence-corrected chi connectivity index (χ1v) is 11.9. The van der Waals surface area contributed by atoms with Crippen LogP contribution >= 0.6 is 11.6 Å². The number of carbonyl (C=O) groups excluding carboxylic acids is 1. The van der Waals surface area contributed by atoms with Gasteiger partial charge in [0, 0.05) is 30.1 Å². The fourth-order valence-electron chi connectivity index (χ4n) is 4.18. The summed E-state index contributed by atoms with van der Waals surface area (Å²) in [5, 5.41) is 22.3. The van der Waals surface area contributed by atoms with Gasteiger partial charge in [0.1, 0.15) is 17.2 Å². The van der Waals surface area contributed by atoms with Crippen molar-refractivity contribution in [2.24, 2.45) is 7.05 Å². The molecule has 0 saturated heterocycles. The van der Waals surface area contributed by atoms with E-state index in [1.165, 1.54) is 61.6 Å². The van der Waals surface area contributed by atoms with Gasteiger partial charge in [-0.3, -0.25) is 19.8 Å². The van der Waals surface area contributed by atoms with Crippen molar-refractivity contribution in [2.45, 2.75) is 6.18 Å². The Labute approximate surface area is 233 Å². The number of alkyl halides is 3. The second-order valence-electron chi connectivity index (χ2n) is 8.49. The summed E-state index contributed by atoms with van der Waals surface area (Å²) < 4.78 is 50.1. The summed E-state index contributed by atoms with van der Waals surface area (Å²) in [6.07, 6.45) is -2.86. The maximum Gasteiger partial charge on any atom is 0.434 e. The number of methoxy groups -OCH3 is 1. The number of nitrogens with zero attached hydrogens (tertiary/aromatic N) is 6. The van der Waals surface area contributed by atoms with E-state index >= 15 is 0 Å². The Hall–Kier alpha value is -5.18. The highest BCUT2D eigenvalue weighted by Gasteiger charge is 2.41. The van der Waals surface area contributed by atoms with E-state index in [1.54, 1.807) is 6.07 Å². The number of amides is 2. The molecule has 4 aromatic heterocycles. The van der Waals surface area contributed by atoms with Crippen molar-refractivity contribution in [1.29, 1.82) is 0 Å². The van der Waals surface area contributed by atoms with Crippen molar-refractivity contribution < 1.29 is 32.6 Å². The number of benzene rings is 1. The van der Waals surface area contributed by atoms with Gasteiger partial charge in [-0.1, -0.05) is 17.7 Å². The van der Waals surface area contributed by atoms with E-state index in [-0.39, 0.29) is 39.5 Å². The number of pyridine rings is 2. The molecule has 0 fully saturated rings. The van der Waals surface area contributed by atoms with Crippen molar-refractivity contribution in [3.63, 3.8) is 0 Å². The van der Waals surface area contributed by atoms with Crippen LogP contribution < -0.4 is 15.4 Å². The first kappa shape index (κ1) is 27.4. The third kappa shape index (κ3) is 5.21. The van der Waals surface area contributed by atoms with E-state index in [0.717, 1.165) is 6.20 Å². The quantitative estimate of drug-likeness (QED) is 0.245. The summed E-state index contributed by atoms with van der Waals surface area (Å²) in [5.74, 6) is -0.726. The van der Waals surface area contributed by atoms with Gasteiger partial charge < -0.3 is 15.2 Å². The molecule has 0 bridgehead atoms. The molecule has 12 nitrogen and oxygen atoms in total. The molecule has 1 aromatic carbocycles. The van der Waals surface area contributed by atoms with Gasteiger partial charge in [0.25, 0.3) is 5.91 Å². The van der Waals surface area contributed by atoms with Gasteiger partial charge in [-0.05, 0) is 24.3 Å². The molecule has 4 heterocycles.